The van der Waals surface area contributed by atoms with E-state index in [4.69, 9.17) is 9.47 Å². The first-order valence-electron chi connectivity index (χ1n) is 8.92. The van der Waals surface area contributed by atoms with E-state index in [1.807, 2.05) is 0 Å². The van der Waals surface area contributed by atoms with Gasteiger partial charge in [0.15, 0.2) is 6.10 Å². The molecule has 28 heavy (non-hydrogen) atoms. The van der Waals surface area contributed by atoms with Crippen molar-refractivity contribution in [2.45, 2.75) is 38.7 Å². The van der Waals surface area contributed by atoms with E-state index in [0.29, 0.717) is 13.0 Å². The molecule has 0 bridgehead atoms. The van der Waals surface area contributed by atoms with Gasteiger partial charge in [0.1, 0.15) is 18.0 Å². The zero-order valence-electron chi connectivity index (χ0n) is 15.8. The predicted molar refractivity (Wildman–Crippen MR) is 98.9 cm³/mol. The monoisotopic (exact) mass is 393 g/mol. The number of nitro groups is 1. The Kier molecular flexibility index (Phi) is 7.30. The van der Waals surface area contributed by atoms with E-state index in [9.17, 15) is 24.5 Å². The number of nitro benzene ring substituents is 1. The van der Waals surface area contributed by atoms with Crippen molar-refractivity contribution in [1.82, 2.24) is 4.90 Å². The number of rotatable bonds is 7. The molecule has 10 nitrogen and oxygen atoms in total. The maximum absolute atomic E-state index is 12.3. The van der Waals surface area contributed by atoms with Crippen LogP contribution in [0.15, 0.2) is 18.2 Å². The van der Waals surface area contributed by atoms with Crippen LogP contribution in [-0.2, 0) is 19.1 Å². The molecular formula is C18H23N3O7. The summed E-state index contributed by atoms with van der Waals surface area (Å²) < 4.78 is 10.0. The lowest BCUT2D eigenvalue weighted by Gasteiger charge is -2.20. The molecule has 152 valence electrons. The minimum atomic E-state index is -1.18. The van der Waals surface area contributed by atoms with Gasteiger partial charge in [-0.05, 0) is 31.9 Å². The van der Waals surface area contributed by atoms with Crippen LogP contribution in [-0.4, -0.2) is 53.9 Å². The van der Waals surface area contributed by atoms with E-state index in [1.165, 1.54) is 37.1 Å². The highest BCUT2D eigenvalue weighted by Crippen LogP contribution is 2.29. The van der Waals surface area contributed by atoms with Crippen LogP contribution in [0.3, 0.4) is 0 Å². The standard InChI is InChI=1S/C18H23N3O7/c1-12(28-17(23)11-20-9-5-3-4-6-16(20)22)18(24)19-14-8-7-13(27-2)10-15(14)21(25)26/h7-8,10,12H,3-6,9,11H2,1-2H3,(H,19,24). The number of amides is 2. The van der Waals surface area contributed by atoms with Crippen molar-refractivity contribution in [1.29, 1.82) is 0 Å². The van der Waals surface area contributed by atoms with Crippen LogP contribution in [0.1, 0.15) is 32.6 Å². The van der Waals surface area contributed by atoms with Gasteiger partial charge in [-0.25, -0.2) is 0 Å². The molecule has 1 aromatic carbocycles. The van der Waals surface area contributed by atoms with Gasteiger partial charge in [0.2, 0.25) is 5.91 Å². The van der Waals surface area contributed by atoms with Crippen LogP contribution in [0.2, 0.25) is 0 Å². The number of esters is 1. The van der Waals surface area contributed by atoms with E-state index in [0.717, 1.165) is 19.3 Å². The van der Waals surface area contributed by atoms with E-state index < -0.39 is 22.9 Å². The van der Waals surface area contributed by atoms with E-state index in [1.54, 1.807) is 0 Å². The largest absolute Gasteiger partial charge is 0.496 e. The number of methoxy groups -OCH3 is 1. The molecule has 0 radical (unpaired) electrons. The molecule has 0 aliphatic carbocycles. The predicted octanol–water partition coefficient (Wildman–Crippen LogP) is 1.88. The first kappa shape index (κ1) is 21.1. The Morgan fingerprint density at radius 3 is 2.75 bits per heavy atom. The number of nitrogens with zero attached hydrogens (tertiary/aromatic N) is 2. The Balaban J connectivity index is 1.96. The van der Waals surface area contributed by atoms with Crippen LogP contribution in [0.4, 0.5) is 11.4 Å². The Bertz CT molecular complexity index is 766. The normalized spacial score (nSPS) is 15.4. The minimum absolute atomic E-state index is 0.0404. The van der Waals surface area contributed by atoms with Crippen LogP contribution >= 0.6 is 0 Å². The average molecular weight is 393 g/mol. The third-order valence-electron chi connectivity index (χ3n) is 4.33. The van der Waals surface area contributed by atoms with Gasteiger partial charge in [-0.3, -0.25) is 24.5 Å². The third-order valence-corrected chi connectivity index (χ3v) is 4.33. The molecule has 1 N–H and O–H groups in total. The summed E-state index contributed by atoms with van der Waals surface area (Å²) in [5.74, 6) is -1.27. The summed E-state index contributed by atoms with van der Waals surface area (Å²) in [6.07, 6.45) is 1.75. The summed E-state index contributed by atoms with van der Waals surface area (Å²) in [6.45, 7) is 1.61. The van der Waals surface area contributed by atoms with Crippen molar-refractivity contribution in [3.05, 3.63) is 28.3 Å². The fourth-order valence-electron chi connectivity index (χ4n) is 2.78. The number of hydrogen-bond donors (Lipinski definition) is 1. The Hall–Kier alpha value is -3.17. The number of carbonyl (C=O) groups excluding carboxylic acids is 3. The van der Waals surface area contributed by atoms with E-state index in [-0.39, 0.29) is 29.6 Å². The summed E-state index contributed by atoms with van der Waals surface area (Å²) in [7, 11) is 1.37. The Morgan fingerprint density at radius 1 is 1.32 bits per heavy atom. The number of carbonyl (C=O) groups is 3. The molecular weight excluding hydrogens is 370 g/mol. The quantitative estimate of drug-likeness (QED) is 0.425. The second-order valence-electron chi connectivity index (χ2n) is 6.39. The van der Waals surface area contributed by atoms with Crippen molar-refractivity contribution in [3.8, 4) is 5.75 Å². The average Bonchev–Trinajstić information content (AvgIpc) is 2.86. The minimum Gasteiger partial charge on any atom is -0.496 e. The summed E-state index contributed by atoms with van der Waals surface area (Å²) in [5, 5.41) is 13.6. The van der Waals surface area contributed by atoms with E-state index >= 15 is 0 Å². The molecule has 0 spiro atoms. The fraction of sp³-hybridized carbons (Fsp3) is 0.500. The number of benzene rings is 1. The highest BCUT2D eigenvalue weighted by atomic mass is 16.6. The van der Waals surface area contributed by atoms with Gasteiger partial charge in [-0.2, -0.15) is 0 Å². The fourth-order valence-corrected chi connectivity index (χ4v) is 2.78. The maximum atomic E-state index is 12.3. The lowest BCUT2D eigenvalue weighted by molar-refractivity contribution is -0.384. The Morgan fingerprint density at radius 2 is 2.07 bits per heavy atom. The van der Waals surface area contributed by atoms with Gasteiger partial charge >= 0.3 is 5.97 Å². The van der Waals surface area contributed by atoms with Gasteiger partial charge < -0.3 is 19.7 Å². The van der Waals surface area contributed by atoms with Gasteiger partial charge in [0.05, 0.1) is 18.1 Å². The molecule has 1 saturated heterocycles. The van der Waals surface area contributed by atoms with Crippen molar-refractivity contribution < 1.29 is 28.8 Å². The third kappa shape index (κ3) is 5.66. The van der Waals surface area contributed by atoms with Gasteiger partial charge in [0, 0.05) is 13.0 Å². The number of likely N-dealkylation sites (tertiary alicyclic amines) is 1. The zero-order chi connectivity index (χ0) is 20.7. The highest BCUT2D eigenvalue weighted by molar-refractivity contribution is 5.97. The number of hydrogen-bond acceptors (Lipinski definition) is 7. The van der Waals surface area contributed by atoms with Crippen molar-refractivity contribution in [3.63, 3.8) is 0 Å². The topological polar surface area (TPSA) is 128 Å². The molecule has 1 heterocycles. The zero-order valence-corrected chi connectivity index (χ0v) is 15.8. The van der Waals surface area contributed by atoms with Crippen molar-refractivity contribution in [2.24, 2.45) is 0 Å². The molecule has 2 rings (SSSR count). The second-order valence-corrected chi connectivity index (χ2v) is 6.39. The van der Waals surface area contributed by atoms with Crippen molar-refractivity contribution in [2.75, 3.05) is 25.5 Å². The van der Waals surface area contributed by atoms with Crippen molar-refractivity contribution >= 4 is 29.2 Å². The Labute approximate surface area is 161 Å². The molecule has 1 aromatic rings. The first-order chi connectivity index (χ1) is 13.3. The van der Waals surface area contributed by atoms with Crippen LogP contribution < -0.4 is 10.1 Å². The molecule has 2 amide bonds. The maximum Gasteiger partial charge on any atom is 0.326 e. The lowest BCUT2D eigenvalue weighted by atomic mass is 10.2. The molecule has 1 aliphatic heterocycles. The number of nitrogens with one attached hydrogen (secondary N) is 1. The lowest BCUT2D eigenvalue weighted by Crippen LogP contribution is -2.38. The number of ether oxygens (including phenoxy) is 2. The molecule has 1 fully saturated rings. The summed E-state index contributed by atoms with van der Waals surface area (Å²) >= 11 is 0. The van der Waals surface area contributed by atoms with Gasteiger partial charge in [-0.15, -0.1) is 0 Å². The number of anilines is 1. The second kappa shape index (κ2) is 9.67. The molecule has 10 heteroatoms. The molecule has 1 atom stereocenters. The summed E-state index contributed by atoms with van der Waals surface area (Å²) in [4.78, 5) is 48.2. The SMILES string of the molecule is COc1ccc(NC(=O)C(C)OC(=O)CN2CCCCCC2=O)c([N+](=O)[O-])c1. The summed E-state index contributed by atoms with van der Waals surface area (Å²) in [5.41, 5.74) is -0.386. The van der Waals surface area contributed by atoms with Crippen LogP contribution in [0, 0.1) is 10.1 Å². The molecule has 1 unspecified atom stereocenters. The van der Waals surface area contributed by atoms with Gasteiger partial charge in [-0.1, -0.05) is 6.42 Å². The molecule has 0 saturated carbocycles. The van der Waals surface area contributed by atoms with E-state index in [2.05, 4.69) is 5.32 Å². The van der Waals surface area contributed by atoms with Crippen LogP contribution in [0.5, 0.6) is 5.75 Å². The highest BCUT2D eigenvalue weighted by Gasteiger charge is 2.25. The summed E-state index contributed by atoms with van der Waals surface area (Å²) in [6, 6.07) is 3.97. The molecule has 1 aliphatic rings. The smallest absolute Gasteiger partial charge is 0.326 e. The first-order valence-corrected chi connectivity index (χ1v) is 8.92. The van der Waals surface area contributed by atoms with Crippen LogP contribution in [0.25, 0.3) is 0 Å². The molecule has 0 aromatic heterocycles. The van der Waals surface area contributed by atoms with Gasteiger partial charge in [0.25, 0.3) is 11.6 Å².